The summed E-state index contributed by atoms with van der Waals surface area (Å²) in [5.74, 6) is 2.14. The normalized spacial score (nSPS) is 13.4. The summed E-state index contributed by atoms with van der Waals surface area (Å²) in [7, 11) is 0. The van der Waals surface area contributed by atoms with Crippen LogP contribution in [0.3, 0.4) is 0 Å². The molecule has 1 saturated carbocycles. The Morgan fingerprint density at radius 2 is 1.86 bits per heavy atom. The molecule has 22 heavy (non-hydrogen) atoms. The minimum Gasteiger partial charge on any atom is -0.341 e. The average Bonchev–Trinajstić information content (AvgIpc) is 3.36. The molecule has 3 rings (SSSR count). The van der Waals surface area contributed by atoms with Gasteiger partial charge in [-0.3, -0.25) is 9.59 Å². The third-order valence-corrected chi connectivity index (χ3v) is 3.69. The van der Waals surface area contributed by atoms with E-state index in [0.717, 1.165) is 23.6 Å². The predicted octanol–water partition coefficient (Wildman–Crippen LogP) is 2.55. The van der Waals surface area contributed by atoms with Crippen molar-refractivity contribution in [3.05, 3.63) is 42.0 Å². The molecule has 4 heteroatoms. The average molecular weight is 292 g/mol. The molecule has 2 aromatic rings. The summed E-state index contributed by atoms with van der Waals surface area (Å²) in [6.07, 6.45) is 7.01. The van der Waals surface area contributed by atoms with Gasteiger partial charge in [0.25, 0.3) is 5.91 Å². The lowest BCUT2D eigenvalue weighted by atomic mass is 10.0. The lowest BCUT2D eigenvalue weighted by Gasteiger charge is -2.12. The molecule has 2 amide bonds. The second kappa shape index (κ2) is 5.90. The van der Waals surface area contributed by atoms with E-state index in [9.17, 15) is 9.59 Å². The fourth-order valence-electron chi connectivity index (χ4n) is 2.34. The molecule has 4 nitrogen and oxygen atoms in total. The van der Waals surface area contributed by atoms with Gasteiger partial charge in [0.05, 0.1) is 17.8 Å². The Labute approximate surface area is 128 Å². The van der Waals surface area contributed by atoms with Crippen molar-refractivity contribution in [1.29, 1.82) is 0 Å². The van der Waals surface area contributed by atoms with Gasteiger partial charge in [0.1, 0.15) is 0 Å². The van der Waals surface area contributed by atoms with Crippen LogP contribution in [0.5, 0.6) is 0 Å². The zero-order valence-electron chi connectivity index (χ0n) is 12.1. The van der Waals surface area contributed by atoms with Crippen molar-refractivity contribution in [2.75, 3.05) is 11.9 Å². The smallest absolute Gasteiger partial charge is 0.254 e. The number of terminal acetylenes is 1. The first-order valence-electron chi connectivity index (χ1n) is 7.24. The number of amides is 2. The zero-order chi connectivity index (χ0) is 15.5. The number of rotatable bonds is 4. The summed E-state index contributed by atoms with van der Waals surface area (Å²) >= 11 is 0. The predicted molar refractivity (Wildman–Crippen MR) is 86.5 cm³/mol. The van der Waals surface area contributed by atoms with Crippen LogP contribution in [-0.2, 0) is 4.79 Å². The summed E-state index contributed by atoms with van der Waals surface area (Å²) in [5.41, 5.74) is 0.966. The number of hydrogen-bond donors (Lipinski definition) is 2. The van der Waals surface area contributed by atoms with Gasteiger partial charge in [0.15, 0.2) is 0 Å². The fraction of sp³-hybridized carbons (Fsp3) is 0.222. The highest BCUT2D eigenvalue weighted by Crippen LogP contribution is 2.31. The van der Waals surface area contributed by atoms with E-state index in [1.54, 1.807) is 6.07 Å². The van der Waals surface area contributed by atoms with E-state index in [1.807, 2.05) is 30.3 Å². The largest absolute Gasteiger partial charge is 0.341 e. The van der Waals surface area contributed by atoms with E-state index in [2.05, 4.69) is 16.6 Å². The van der Waals surface area contributed by atoms with E-state index in [4.69, 9.17) is 6.42 Å². The first-order valence-corrected chi connectivity index (χ1v) is 7.24. The molecular formula is C18H16N2O2. The van der Waals surface area contributed by atoms with E-state index in [1.165, 1.54) is 0 Å². The van der Waals surface area contributed by atoms with Gasteiger partial charge in [-0.15, -0.1) is 6.42 Å². The number of hydrogen-bond acceptors (Lipinski definition) is 2. The summed E-state index contributed by atoms with van der Waals surface area (Å²) in [4.78, 5) is 24.3. The molecule has 2 N–H and O–H groups in total. The highest BCUT2D eigenvalue weighted by Gasteiger charge is 2.30. The zero-order valence-corrected chi connectivity index (χ0v) is 12.1. The summed E-state index contributed by atoms with van der Waals surface area (Å²) < 4.78 is 0. The Kier molecular flexibility index (Phi) is 3.80. The molecule has 0 saturated heterocycles. The maximum atomic E-state index is 12.3. The quantitative estimate of drug-likeness (QED) is 0.851. The Morgan fingerprint density at radius 1 is 1.18 bits per heavy atom. The number of nitrogens with one attached hydrogen (secondary N) is 2. The number of anilines is 1. The molecule has 1 fully saturated rings. The minimum atomic E-state index is -0.283. The topological polar surface area (TPSA) is 58.2 Å². The van der Waals surface area contributed by atoms with Gasteiger partial charge < -0.3 is 10.6 Å². The first kappa shape index (κ1) is 14.2. The number of carbonyl (C=O) groups is 2. The van der Waals surface area contributed by atoms with Crippen molar-refractivity contribution in [1.82, 2.24) is 5.32 Å². The molecule has 110 valence electrons. The number of benzene rings is 2. The molecule has 0 spiro atoms. The van der Waals surface area contributed by atoms with Crippen LogP contribution < -0.4 is 10.6 Å². The van der Waals surface area contributed by atoms with E-state index < -0.39 is 0 Å². The maximum Gasteiger partial charge on any atom is 0.254 e. The minimum absolute atomic E-state index is 0.0266. The first-order chi connectivity index (χ1) is 10.7. The maximum absolute atomic E-state index is 12.3. The SMILES string of the molecule is C#CCNC(=O)c1cc2ccccc2cc1NC(=O)C1CC1. The Bertz CT molecular complexity index is 785. The van der Waals surface area contributed by atoms with E-state index >= 15 is 0 Å². The van der Waals surface area contributed by atoms with Gasteiger partial charge in [-0.05, 0) is 35.7 Å². The molecular weight excluding hydrogens is 276 g/mol. The fourth-order valence-corrected chi connectivity index (χ4v) is 2.34. The van der Waals surface area contributed by atoms with Crippen molar-refractivity contribution < 1.29 is 9.59 Å². The standard InChI is InChI=1S/C18H16N2O2/c1-2-9-19-18(22)15-10-13-5-3-4-6-14(13)11-16(15)20-17(21)12-7-8-12/h1,3-6,10-12H,7-9H2,(H,19,22)(H,20,21). The van der Waals surface area contributed by atoms with Crippen LogP contribution in [0.25, 0.3) is 10.8 Å². The molecule has 0 aromatic heterocycles. The highest BCUT2D eigenvalue weighted by atomic mass is 16.2. The van der Waals surface area contributed by atoms with Gasteiger partial charge in [-0.25, -0.2) is 0 Å². The van der Waals surface area contributed by atoms with Crippen LogP contribution in [0.1, 0.15) is 23.2 Å². The van der Waals surface area contributed by atoms with Crippen LogP contribution in [-0.4, -0.2) is 18.4 Å². The summed E-state index contributed by atoms with van der Waals surface area (Å²) in [6, 6.07) is 11.3. The van der Waals surface area contributed by atoms with Crippen LogP contribution >= 0.6 is 0 Å². The highest BCUT2D eigenvalue weighted by molar-refractivity contribution is 6.08. The second-order valence-electron chi connectivity index (χ2n) is 5.40. The van der Waals surface area contributed by atoms with Crippen LogP contribution in [0, 0.1) is 18.3 Å². The molecule has 2 aromatic carbocycles. The van der Waals surface area contributed by atoms with Gasteiger partial charge in [-0.1, -0.05) is 30.2 Å². The summed E-state index contributed by atoms with van der Waals surface area (Å²) in [6.45, 7) is 0.154. The van der Waals surface area contributed by atoms with Gasteiger partial charge in [0.2, 0.25) is 5.91 Å². The monoisotopic (exact) mass is 292 g/mol. The van der Waals surface area contributed by atoms with Gasteiger partial charge >= 0.3 is 0 Å². The van der Waals surface area contributed by atoms with Crippen molar-refractivity contribution >= 4 is 28.3 Å². The molecule has 0 aliphatic heterocycles. The molecule has 0 heterocycles. The van der Waals surface area contributed by atoms with Crippen LogP contribution in [0.15, 0.2) is 36.4 Å². The van der Waals surface area contributed by atoms with Crippen LogP contribution in [0.2, 0.25) is 0 Å². The molecule has 1 aliphatic rings. The Hall–Kier alpha value is -2.80. The third kappa shape index (κ3) is 2.94. The van der Waals surface area contributed by atoms with Crippen molar-refractivity contribution in [2.24, 2.45) is 5.92 Å². The van der Waals surface area contributed by atoms with Gasteiger partial charge in [0, 0.05) is 5.92 Å². The van der Waals surface area contributed by atoms with Crippen molar-refractivity contribution in [3.63, 3.8) is 0 Å². The lowest BCUT2D eigenvalue weighted by molar-refractivity contribution is -0.117. The number of carbonyl (C=O) groups excluding carboxylic acids is 2. The molecule has 0 atom stereocenters. The van der Waals surface area contributed by atoms with Crippen LogP contribution in [0.4, 0.5) is 5.69 Å². The third-order valence-electron chi connectivity index (χ3n) is 3.69. The number of fused-ring (bicyclic) bond motifs is 1. The summed E-state index contributed by atoms with van der Waals surface area (Å²) in [5, 5.41) is 7.43. The molecule has 1 aliphatic carbocycles. The molecule has 0 unspecified atom stereocenters. The Balaban J connectivity index is 1.99. The Morgan fingerprint density at radius 3 is 2.50 bits per heavy atom. The van der Waals surface area contributed by atoms with E-state index in [0.29, 0.717) is 11.3 Å². The molecule has 0 bridgehead atoms. The lowest BCUT2D eigenvalue weighted by Crippen LogP contribution is -2.25. The van der Waals surface area contributed by atoms with Gasteiger partial charge in [-0.2, -0.15) is 0 Å². The van der Waals surface area contributed by atoms with E-state index in [-0.39, 0.29) is 24.3 Å². The molecule has 0 radical (unpaired) electrons. The van der Waals surface area contributed by atoms with Crippen molar-refractivity contribution in [3.8, 4) is 12.3 Å². The second-order valence-corrected chi connectivity index (χ2v) is 5.40. The van der Waals surface area contributed by atoms with Crippen molar-refractivity contribution in [2.45, 2.75) is 12.8 Å².